The number of aliphatic imine (C=N–C) groups is 1. The molecule has 0 bridgehead atoms. The highest BCUT2D eigenvalue weighted by Gasteiger charge is 2.25. The third kappa shape index (κ3) is 3.56. The SMILES string of the molecule is O=C(O)CCN1CCN(C2=Nc3cc(Cl)ccc3Nc3cscc32)CC1. The lowest BCUT2D eigenvalue weighted by atomic mass is 10.2. The monoisotopic (exact) mass is 390 g/mol. The van der Waals surface area contributed by atoms with Crippen molar-refractivity contribution in [3.05, 3.63) is 39.5 Å². The van der Waals surface area contributed by atoms with E-state index in [9.17, 15) is 4.79 Å². The maximum absolute atomic E-state index is 10.8. The number of carbonyl (C=O) groups is 1. The molecule has 0 radical (unpaired) electrons. The molecule has 3 heterocycles. The Morgan fingerprint density at radius 1 is 1.23 bits per heavy atom. The standard InChI is InChI=1S/C18H19ClN4O2S/c19-12-1-2-14-15(9-12)21-18(13-10-26-11-16(13)20-14)23-7-5-22(6-8-23)4-3-17(24)25/h1-2,9-11,20H,3-8H2,(H,24,25). The number of fused-ring (bicyclic) bond motifs is 2. The Kier molecular flexibility index (Phi) is 4.84. The van der Waals surface area contributed by atoms with Gasteiger partial charge in [-0.1, -0.05) is 11.6 Å². The van der Waals surface area contributed by atoms with E-state index in [1.807, 2.05) is 18.2 Å². The van der Waals surface area contributed by atoms with Gasteiger partial charge in [-0.25, -0.2) is 4.99 Å². The third-order valence-corrected chi connectivity index (χ3v) is 5.65. The number of hydrogen-bond donors (Lipinski definition) is 2. The van der Waals surface area contributed by atoms with E-state index in [4.69, 9.17) is 21.7 Å². The minimum absolute atomic E-state index is 0.186. The van der Waals surface area contributed by atoms with Crippen molar-refractivity contribution in [3.8, 4) is 0 Å². The fourth-order valence-electron chi connectivity index (χ4n) is 3.27. The lowest BCUT2D eigenvalue weighted by molar-refractivity contribution is -0.137. The summed E-state index contributed by atoms with van der Waals surface area (Å²) in [7, 11) is 0. The van der Waals surface area contributed by atoms with Crippen LogP contribution >= 0.6 is 22.9 Å². The lowest BCUT2D eigenvalue weighted by Crippen LogP contribution is -2.49. The van der Waals surface area contributed by atoms with Crippen LogP contribution in [0.3, 0.4) is 0 Å². The van der Waals surface area contributed by atoms with Gasteiger partial charge in [0.2, 0.25) is 0 Å². The molecule has 1 aromatic heterocycles. The molecule has 1 saturated heterocycles. The largest absolute Gasteiger partial charge is 0.481 e. The average Bonchev–Trinajstić information content (AvgIpc) is 3.02. The van der Waals surface area contributed by atoms with Crippen LogP contribution in [0.1, 0.15) is 12.0 Å². The summed E-state index contributed by atoms with van der Waals surface area (Å²) in [6, 6.07) is 5.69. The number of nitrogens with zero attached hydrogens (tertiary/aromatic N) is 3. The van der Waals surface area contributed by atoms with Crippen molar-refractivity contribution in [2.75, 3.05) is 38.0 Å². The Hall–Kier alpha value is -2.09. The molecule has 26 heavy (non-hydrogen) atoms. The molecule has 2 aliphatic rings. The first-order valence-electron chi connectivity index (χ1n) is 8.51. The molecule has 1 fully saturated rings. The molecule has 0 aliphatic carbocycles. The van der Waals surface area contributed by atoms with E-state index in [1.165, 1.54) is 0 Å². The summed E-state index contributed by atoms with van der Waals surface area (Å²) < 4.78 is 0. The van der Waals surface area contributed by atoms with Gasteiger partial charge in [0.1, 0.15) is 5.84 Å². The Balaban J connectivity index is 1.58. The summed E-state index contributed by atoms with van der Waals surface area (Å²) in [5.41, 5.74) is 3.94. The van der Waals surface area contributed by atoms with Gasteiger partial charge in [-0.15, -0.1) is 11.3 Å². The van der Waals surface area contributed by atoms with Gasteiger partial charge < -0.3 is 15.3 Å². The highest BCUT2D eigenvalue weighted by molar-refractivity contribution is 7.08. The second-order valence-electron chi connectivity index (χ2n) is 6.39. The Bertz CT molecular complexity index is 859. The Morgan fingerprint density at radius 2 is 2.04 bits per heavy atom. The molecular formula is C18H19ClN4O2S. The van der Waals surface area contributed by atoms with Crippen LogP contribution in [0.4, 0.5) is 17.1 Å². The van der Waals surface area contributed by atoms with Gasteiger partial charge in [0, 0.05) is 48.5 Å². The van der Waals surface area contributed by atoms with Crippen LogP contribution < -0.4 is 5.32 Å². The number of rotatable bonds is 3. The fourth-order valence-corrected chi connectivity index (χ4v) is 4.19. The van der Waals surface area contributed by atoms with Crippen LogP contribution in [0.5, 0.6) is 0 Å². The number of halogens is 1. The van der Waals surface area contributed by atoms with Crippen molar-refractivity contribution in [2.24, 2.45) is 4.99 Å². The van der Waals surface area contributed by atoms with Crippen LogP contribution in [0.25, 0.3) is 0 Å². The highest BCUT2D eigenvalue weighted by Crippen LogP contribution is 2.38. The quantitative estimate of drug-likeness (QED) is 0.837. The van der Waals surface area contributed by atoms with Crippen molar-refractivity contribution in [2.45, 2.75) is 6.42 Å². The minimum atomic E-state index is -0.747. The summed E-state index contributed by atoms with van der Waals surface area (Å²) >= 11 is 7.82. The molecular weight excluding hydrogens is 372 g/mol. The van der Waals surface area contributed by atoms with Crippen molar-refractivity contribution in [3.63, 3.8) is 0 Å². The number of carboxylic acids is 1. The second kappa shape index (κ2) is 7.26. The number of nitrogens with one attached hydrogen (secondary N) is 1. The number of anilines is 2. The van der Waals surface area contributed by atoms with Gasteiger partial charge in [0.15, 0.2) is 0 Å². The summed E-state index contributed by atoms with van der Waals surface area (Å²) in [6.07, 6.45) is 0.186. The lowest BCUT2D eigenvalue weighted by Gasteiger charge is -2.36. The molecule has 0 amide bonds. The topological polar surface area (TPSA) is 68.2 Å². The maximum Gasteiger partial charge on any atom is 0.304 e. The van der Waals surface area contributed by atoms with Gasteiger partial charge in [0.05, 0.1) is 29.0 Å². The summed E-state index contributed by atoms with van der Waals surface area (Å²) in [5.74, 6) is 0.204. The average molecular weight is 391 g/mol. The molecule has 8 heteroatoms. The zero-order valence-corrected chi connectivity index (χ0v) is 15.7. The maximum atomic E-state index is 10.8. The first kappa shape index (κ1) is 17.3. The van der Waals surface area contributed by atoms with Gasteiger partial charge in [-0.2, -0.15) is 0 Å². The molecule has 0 unspecified atom stereocenters. The van der Waals surface area contributed by atoms with Gasteiger partial charge in [0.25, 0.3) is 0 Å². The van der Waals surface area contributed by atoms with E-state index in [1.54, 1.807) is 11.3 Å². The zero-order chi connectivity index (χ0) is 18.1. The van der Waals surface area contributed by atoms with Crippen LogP contribution in [-0.4, -0.2) is 59.4 Å². The number of carboxylic acid groups (broad SMARTS) is 1. The molecule has 4 rings (SSSR count). The van der Waals surface area contributed by atoms with E-state index < -0.39 is 5.97 Å². The summed E-state index contributed by atoms with van der Waals surface area (Å²) in [6.45, 7) is 3.91. The van der Waals surface area contributed by atoms with Gasteiger partial charge in [-0.05, 0) is 18.2 Å². The molecule has 2 N–H and O–H groups in total. The number of thiophene rings is 1. The van der Waals surface area contributed by atoms with Gasteiger partial charge >= 0.3 is 5.97 Å². The van der Waals surface area contributed by atoms with Crippen LogP contribution in [-0.2, 0) is 4.79 Å². The molecule has 0 saturated carbocycles. The van der Waals surface area contributed by atoms with Crippen LogP contribution in [0.15, 0.2) is 34.0 Å². The minimum Gasteiger partial charge on any atom is -0.481 e. The number of piperazine rings is 1. The zero-order valence-electron chi connectivity index (χ0n) is 14.1. The van der Waals surface area contributed by atoms with Crippen LogP contribution in [0.2, 0.25) is 5.02 Å². The first-order valence-corrected chi connectivity index (χ1v) is 9.83. The molecule has 0 atom stereocenters. The van der Waals surface area contributed by atoms with E-state index in [0.29, 0.717) is 11.6 Å². The Morgan fingerprint density at radius 3 is 2.81 bits per heavy atom. The van der Waals surface area contributed by atoms with Crippen molar-refractivity contribution < 1.29 is 9.90 Å². The third-order valence-electron chi connectivity index (χ3n) is 4.67. The van der Waals surface area contributed by atoms with Crippen molar-refractivity contribution >= 4 is 51.8 Å². The number of aliphatic carboxylic acids is 1. The Labute approximate surface area is 160 Å². The molecule has 0 spiro atoms. The van der Waals surface area contributed by atoms with Crippen LogP contribution in [0, 0.1) is 0 Å². The van der Waals surface area contributed by atoms with Crippen molar-refractivity contribution in [1.82, 2.24) is 9.80 Å². The molecule has 2 aliphatic heterocycles. The fraction of sp³-hybridized carbons (Fsp3) is 0.333. The summed E-state index contributed by atoms with van der Waals surface area (Å²) in [5, 5.41) is 17.2. The van der Waals surface area contributed by atoms with E-state index in [-0.39, 0.29) is 6.42 Å². The highest BCUT2D eigenvalue weighted by atomic mass is 35.5. The summed E-state index contributed by atoms with van der Waals surface area (Å²) in [4.78, 5) is 20.2. The number of benzene rings is 1. The number of hydrogen-bond acceptors (Lipinski definition) is 6. The normalized spacial score (nSPS) is 17.0. The van der Waals surface area contributed by atoms with E-state index in [0.717, 1.165) is 54.6 Å². The molecule has 6 nitrogen and oxygen atoms in total. The molecule has 136 valence electrons. The first-order chi connectivity index (χ1) is 12.6. The van der Waals surface area contributed by atoms with Gasteiger partial charge in [-0.3, -0.25) is 9.69 Å². The predicted molar refractivity (Wildman–Crippen MR) is 106 cm³/mol. The molecule has 2 aromatic rings. The molecule has 1 aromatic carbocycles. The van der Waals surface area contributed by atoms with E-state index in [2.05, 4.69) is 25.9 Å². The number of amidine groups is 1. The van der Waals surface area contributed by atoms with Crippen molar-refractivity contribution in [1.29, 1.82) is 0 Å². The van der Waals surface area contributed by atoms with E-state index >= 15 is 0 Å². The predicted octanol–water partition coefficient (Wildman–Crippen LogP) is 3.63. The second-order valence-corrected chi connectivity index (χ2v) is 7.57. The smallest absolute Gasteiger partial charge is 0.304 e.